The Labute approximate surface area is 97.7 Å². The molecule has 0 bridgehead atoms. The van der Waals surface area contributed by atoms with Gasteiger partial charge in [0, 0.05) is 6.20 Å². The monoisotopic (exact) mass is 211 g/mol. The Morgan fingerprint density at radius 3 is 2.62 bits per heavy atom. The summed E-state index contributed by atoms with van der Waals surface area (Å²) in [6, 6.07) is 1.38. The van der Waals surface area contributed by atoms with E-state index in [-0.39, 0.29) is 40.9 Å². The molecular weight excluding hydrogens is 205 g/mol. The van der Waals surface area contributed by atoms with Gasteiger partial charge in [0.05, 0.1) is 17.6 Å². The predicted octanol–water partition coefficient (Wildman–Crippen LogP) is -3.46. The number of pyridine rings is 1. The number of hydrogen-bond acceptors (Lipinski definition) is 5. The van der Waals surface area contributed by atoms with E-state index < -0.39 is 10.3 Å². The predicted molar refractivity (Wildman–Crippen MR) is 42.0 cm³/mol. The Bertz CT molecular complexity index is 380. The van der Waals surface area contributed by atoms with Gasteiger partial charge in [-0.25, -0.2) is 8.42 Å². The molecule has 0 fully saturated rings. The van der Waals surface area contributed by atoms with Gasteiger partial charge in [0.15, 0.2) is 10.3 Å². The van der Waals surface area contributed by atoms with Crippen molar-refractivity contribution in [1.82, 2.24) is 4.98 Å². The molecule has 1 aromatic rings. The number of rotatable bonds is 2. The van der Waals surface area contributed by atoms with Crippen LogP contribution in [0.15, 0.2) is 18.5 Å². The van der Waals surface area contributed by atoms with E-state index in [9.17, 15) is 13.0 Å². The molecular formula is C5H6N3NaO3S. The fourth-order valence-corrected chi connectivity index (χ4v) is 1.07. The Morgan fingerprint density at radius 1 is 1.54 bits per heavy atom. The second-order valence-electron chi connectivity index (χ2n) is 2.02. The van der Waals surface area contributed by atoms with Crippen LogP contribution in [0.25, 0.3) is 0 Å². The fourth-order valence-electron chi connectivity index (χ4n) is 0.625. The molecule has 6 nitrogen and oxygen atoms in total. The third kappa shape index (κ3) is 4.44. The summed E-state index contributed by atoms with van der Waals surface area (Å²) in [5.41, 5.74) is 5.47. The summed E-state index contributed by atoms with van der Waals surface area (Å²) in [5, 5.41) is 0. The Hall–Kier alpha value is -0.340. The van der Waals surface area contributed by atoms with Crippen LogP contribution in [0, 0.1) is 0 Å². The van der Waals surface area contributed by atoms with Crippen molar-refractivity contribution in [3.05, 3.63) is 18.5 Å². The fraction of sp³-hybridized carbons (Fsp3) is 0. The SMILES string of the molecule is Nc1ccncc1NS(=O)(=O)[O-].[Na+]. The van der Waals surface area contributed by atoms with Crippen LogP contribution in [-0.4, -0.2) is 18.0 Å². The maximum Gasteiger partial charge on any atom is 1.00 e. The first-order valence-electron chi connectivity index (χ1n) is 2.92. The van der Waals surface area contributed by atoms with Crippen molar-refractivity contribution in [3.63, 3.8) is 0 Å². The molecule has 0 atom stereocenters. The van der Waals surface area contributed by atoms with E-state index in [1.54, 1.807) is 4.72 Å². The van der Waals surface area contributed by atoms with Crippen LogP contribution in [0.3, 0.4) is 0 Å². The van der Waals surface area contributed by atoms with Gasteiger partial charge in [-0.15, -0.1) is 0 Å². The Balaban J connectivity index is 0.00000144. The minimum Gasteiger partial charge on any atom is -0.731 e. The number of aromatic nitrogens is 1. The average Bonchev–Trinajstić information content (AvgIpc) is 1.91. The molecule has 0 saturated heterocycles. The summed E-state index contributed by atoms with van der Waals surface area (Å²) in [5.74, 6) is 0. The zero-order chi connectivity index (χ0) is 9.19. The summed E-state index contributed by atoms with van der Waals surface area (Å²) in [7, 11) is -4.52. The molecule has 0 spiro atoms. The number of nitrogens with one attached hydrogen (secondary N) is 1. The van der Waals surface area contributed by atoms with E-state index in [1.165, 1.54) is 12.3 Å². The topological polar surface area (TPSA) is 108 Å². The van der Waals surface area contributed by atoms with Gasteiger partial charge in [0.2, 0.25) is 0 Å². The summed E-state index contributed by atoms with van der Waals surface area (Å²) >= 11 is 0. The van der Waals surface area contributed by atoms with Gasteiger partial charge < -0.3 is 10.3 Å². The largest absolute Gasteiger partial charge is 1.00 e. The van der Waals surface area contributed by atoms with Gasteiger partial charge in [0.1, 0.15) is 0 Å². The third-order valence-electron chi connectivity index (χ3n) is 1.09. The van der Waals surface area contributed by atoms with Crippen molar-refractivity contribution in [2.75, 3.05) is 10.5 Å². The second kappa shape index (κ2) is 4.77. The van der Waals surface area contributed by atoms with Crippen LogP contribution in [0.1, 0.15) is 0 Å². The number of hydrogen-bond donors (Lipinski definition) is 2. The Kier molecular flexibility index (Phi) is 4.65. The first-order chi connectivity index (χ1) is 5.49. The number of nitrogens with two attached hydrogens (primary N) is 1. The molecule has 0 saturated carbocycles. The van der Waals surface area contributed by atoms with Gasteiger partial charge in [-0.3, -0.25) is 9.71 Å². The summed E-state index contributed by atoms with van der Waals surface area (Å²) in [6.07, 6.45) is 2.54. The van der Waals surface area contributed by atoms with Crippen LogP contribution >= 0.6 is 0 Å². The van der Waals surface area contributed by atoms with E-state index in [0.29, 0.717) is 0 Å². The molecule has 1 rings (SSSR count). The normalized spacial score (nSPS) is 10.2. The third-order valence-corrected chi connectivity index (χ3v) is 1.56. The summed E-state index contributed by atoms with van der Waals surface area (Å²) in [4.78, 5) is 3.58. The molecule has 0 aliphatic rings. The quantitative estimate of drug-likeness (QED) is 0.390. The van der Waals surface area contributed by atoms with Gasteiger partial charge in [-0.1, -0.05) is 0 Å². The van der Waals surface area contributed by atoms with Gasteiger partial charge >= 0.3 is 29.6 Å². The molecule has 1 heterocycles. The summed E-state index contributed by atoms with van der Waals surface area (Å²) in [6.45, 7) is 0. The van der Waals surface area contributed by atoms with Crippen LogP contribution in [0.5, 0.6) is 0 Å². The molecule has 8 heteroatoms. The molecule has 1 aromatic heterocycles. The van der Waals surface area contributed by atoms with Crippen LogP contribution < -0.4 is 40.0 Å². The van der Waals surface area contributed by atoms with Crippen molar-refractivity contribution in [1.29, 1.82) is 0 Å². The first-order valence-corrected chi connectivity index (χ1v) is 4.33. The molecule has 0 aliphatic heterocycles. The van der Waals surface area contributed by atoms with E-state index in [2.05, 4.69) is 4.98 Å². The van der Waals surface area contributed by atoms with E-state index in [4.69, 9.17) is 5.73 Å². The smallest absolute Gasteiger partial charge is 0.731 e. The number of anilines is 2. The maximum atomic E-state index is 10.2. The van der Waals surface area contributed by atoms with Crippen LogP contribution in [0.2, 0.25) is 0 Å². The minimum absolute atomic E-state index is 0. The molecule has 0 aromatic carbocycles. The molecule has 66 valence electrons. The van der Waals surface area contributed by atoms with Crippen molar-refractivity contribution >= 4 is 21.7 Å². The first kappa shape index (κ1) is 12.7. The maximum absolute atomic E-state index is 10.2. The molecule has 0 amide bonds. The molecule has 13 heavy (non-hydrogen) atoms. The Morgan fingerprint density at radius 2 is 2.15 bits per heavy atom. The summed E-state index contributed by atoms with van der Waals surface area (Å²) < 4.78 is 32.3. The zero-order valence-corrected chi connectivity index (χ0v) is 9.71. The van der Waals surface area contributed by atoms with Gasteiger partial charge in [-0.05, 0) is 6.07 Å². The van der Waals surface area contributed by atoms with Crippen molar-refractivity contribution in [2.45, 2.75) is 0 Å². The standard InChI is InChI=1S/C5H7N3O3S.Na/c6-4-1-2-7-3-5(4)8-12(9,10)11;/h1-3,8H,(H2,6,7)(H,9,10,11);/q;+1/p-1. The average molecular weight is 211 g/mol. The molecule has 0 aliphatic carbocycles. The minimum atomic E-state index is -4.52. The van der Waals surface area contributed by atoms with E-state index in [0.717, 1.165) is 6.20 Å². The van der Waals surface area contributed by atoms with E-state index >= 15 is 0 Å². The van der Waals surface area contributed by atoms with E-state index in [1.807, 2.05) is 0 Å². The number of nitrogen functional groups attached to an aromatic ring is 1. The van der Waals surface area contributed by atoms with Crippen molar-refractivity contribution in [2.24, 2.45) is 0 Å². The molecule has 3 N–H and O–H groups in total. The number of nitrogens with zero attached hydrogens (tertiary/aromatic N) is 1. The van der Waals surface area contributed by atoms with Crippen LogP contribution in [0.4, 0.5) is 11.4 Å². The van der Waals surface area contributed by atoms with Crippen molar-refractivity contribution < 1.29 is 42.5 Å². The molecule has 0 radical (unpaired) electrons. The van der Waals surface area contributed by atoms with Crippen LogP contribution in [-0.2, 0) is 10.3 Å². The van der Waals surface area contributed by atoms with Crippen molar-refractivity contribution in [3.8, 4) is 0 Å². The molecule has 0 unspecified atom stereocenters. The van der Waals surface area contributed by atoms with Gasteiger partial charge in [0.25, 0.3) is 0 Å². The second-order valence-corrected chi connectivity index (χ2v) is 3.13. The zero-order valence-electron chi connectivity index (χ0n) is 6.89. The van der Waals surface area contributed by atoms with Gasteiger partial charge in [-0.2, -0.15) is 0 Å².